The summed E-state index contributed by atoms with van der Waals surface area (Å²) in [5.74, 6) is 0.683. The van der Waals surface area contributed by atoms with E-state index in [1.54, 1.807) is 25.2 Å². The molecule has 0 saturated carbocycles. The summed E-state index contributed by atoms with van der Waals surface area (Å²) < 4.78 is 48.7. The van der Waals surface area contributed by atoms with Crippen LogP contribution < -0.4 is 14.8 Å². The summed E-state index contributed by atoms with van der Waals surface area (Å²) in [6.07, 6.45) is -3.82. The zero-order valence-corrected chi connectivity index (χ0v) is 20.7. The van der Waals surface area contributed by atoms with Gasteiger partial charge in [-0.15, -0.1) is 10.2 Å². The second-order valence-corrected chi connectivity index (χ2v) is 8.71. The van der Waals surface area contributed by atoms with Crippen molar-refractivity contribution < 1.29 is 32.2 Å². The van der Waals surface area contributed by atoms with Crippen LogP contribution in [0.1, 0.15) is 24.5 Å². The van der Waals surface area contributed by atoms with Gasteiger partial charge >= 0.3 is 6.18 Å². The third-order valence-corrected chi connectivity index (χ3v) is 6.19. The van der Waals surface area contributed by atoms with Crippen LogP contribution in [-0.4, -0.2) is 54.2 Å². The normalized spacial score (nSPS) is 11.2. The molecule has 8 nitrogen and oxygen atoms in total. The standard InChI is InChI=1S/C24H25F3N4O4S/c1-15(32)31(12-10-16-4-9-19(34-2)20(14-16)35-3)13-11-21(33)28-23-30-29-22(36-23)17-5-7-18(8-6-17)24(25,26)27/h4-9,14H,10-13H2,1-3H3,(H,28,30,33). The Labute approximate surface area is 210 Å². The summed E-state index contributed by atoms with van der Waals surface area (Å²) in [6.45, 7) is 2.06. The third kappa shape index (κ3) is 7.17. The summed E-state index contributed by atoms with van der Waals surface area (Å²) in [7, 11) is 3.10. The SMILES string of the molecule is COc1ccc(CCN(CCC(=O)Nc2nnc(-c3ccc(C(F)(F)F)cc3)s2)C(C)=O)cc1OC. The molecule has 0 fully saturated rings. The number of anilines is 1. The number of methoxy groups -OCH3 is 2. The number of rotatable bonds is 10. The number of carbonyl (C=O) groups is 2. The van der Waals surface area contributed by atoms with E-state index in [1.807, 2.05) is 12.1 Å². The number of ether oxygens (including phenoxy) is 2. The van der Waals surface area contributed by atoms with Gasteiger partial charge in [0.25, 0.3) is 0 Å². The molecule has 1 aromatic heterocycles. The third-order valence-electron chi connectivity index (χ3n) is 5.30. The molecule has 0 spiro atoms. The first-order valence-corrected chi connectivity index (χ1v) is 11.7. The summed E-state index contributed by atoms with van der Waals surface area (Å²) in [5.41, 5.74) is 0.650. The molecule has 0 radical (unpaired) electrons. The highest BCUT2D eigenvalue weighted by Gasteiger charge is 2.30. The Hall–Kier alpha value is -3.67. The van der Waals surface area contributed by atoms with E-state index in [-0.39, 0.29) is 29.9 Å². The zero-order valence-electron chi connectivity index (χ0n) is 19.9. The van der Waals surface area contributed by atoms with Crippen LogP contribution in [0.15, 0.2) is 42.5 Å². The van der Waals surface area contributed by atoms with Gasteiger partial charge in [0.1, 0.15) is 5.01 Å². The number of benzene rings is 2. The maximum atomic E-state index is 12.7. The van der Waals surface area contributed by atoms with Crippen LogP contribution in [0.25, 0.3) is 10.6 Å². The number of hydrogen-bond acceptors (Lipinski definition) is 7. The van der Waals surface area contributed by atoms with E-state index < -0.39 is 11.7 Å². The lowest BCUT2D eigenvalue weighted by atomic mass is 10.1. The van der Waals surface area contributed by atoms with Gasteiger partial charge in [-0.3, -0.25) is 9.59 Å². The lowest BCUT2D eigenvalue weighted by molar-refractivity contribution is -0.137. The fraction of sp³-hybridized carbons (Fsp3) is 0.333. The van der Waals surface area contributed by atoms with Crippen molar-refractivity contribution in [3.8, 4) is 22.1 Å². The molecule has 0 atom stereocenters. The molecule has 36 heavy (non-hydrogen) atoms. The van der Waals surface area contributed by atoms with Crippen LogP contribution in [0, 0.1) is 0 Å². The van der Waals surface area contributed by atoms with Gasteiger partial charge in [0, 0.05) is 32.0 Å². The van der Waals surface area contributed by atoms with Crippen LogP contribution in [0.3, 0.4) is 0 Å². The first kappa shape index (κ1) is 26.9. The summed E-state index contributed by atoms with van der Waals surface area (Å²) in [5, 5.41) is 11.0. The van der Waals surface area contributed by atoms with Gasteiger partial charge < -0.3 is 19.7 Å². The minimum atomic E-state index is -4.42. The smallest absolute Gasteiger partial charge is 0.416 e. The van der Waals surface area contributed by atoms with Gasteiger partial charge in [0.2, 0.25) is 16.9 Å². The monoisotopic (exact) mass is 522 g/mol. The van der Waals surface area contributed by atoms with Crippen molar-refractivity contribution in [1.82, 2.24) is 15.1 Å². The highest BCUT2D eigenvalue weighted by atomic mass is 32.1. The number of aromatic nitrogens is 2. The summed E-state index contributed by atoms with van der Waals surface area (Å²) in [6, 6.07) is 10.1. The van der Waals surface area contributed by atoms with Crippen LogP contribution >= 0.6 is 11.3 Å². The molecule has 0 aliphatic heterocycles. The Morgan fingerprint density at radius 1 is 1.00 bits per heavy atom. The number of halogens is 3. The van der Waals surface area contributed by atoms with Gasteiger partial charge in [0.05, 0.1) is 19.8 Å². The highest BCUT2D eigenvalue weighted by molar-refractivity contribution is 7.18. The van der Waals surface area contributed by atoms with E-state index in [1.165, 1.54) is 19.1 Å². The number of nitrogens with zero attached hydrogens (tertiary/aromatic N) is 3. The lowest BCUT2D eigenvalue weighted by Gasteiger charge is -2.21. The largest absolute Gasteiger partial charge is 0.493 e. The minimum Gasteiger partial charge on any atom is -0.493 e. The van der Waals surface area contributed by atoms with Gasteiger partial charge in [0.15, 0.2) is 11.5 Å². The molecule has 0 saturated heterocycles. The van der Waals surface area contributed by atoms with Crippen molar-refractivity contribution in [2.45, 2.75) is 25.9 Å². The van der Waals surface area contributed by atoms with Crippen LogP contribution in [0.5, 0.6) is 11.5 Å². The van der Waals surface area contributed by atoms with E-state index in [0.29, 0.717) is 35.0 Å². The Morgan fingerprint density at radius 3 is 2.31 bits per heavy atom. The minimum absolute atomic E-state index is 0.0424. The molecule has 12 heteroatoms. The van der Waals surface area contributed by atoms with Gasteiger partial charge in [-0.05, 0) is 36.2 Å². The molecule has 0 bridgehead atoms. The van der Waals surface area contributed by atoms with Crippen molar-refractivity contribution in [1.29, 1.82) is 0 Å². The molecule has 192 valence electrons. The Kier molecular flexibility index (Phi) is 8.86. The molecule has 3 rings (SSSR count). The van der Waals surface area contributed by atoms with Crippen LogP contribution in [0.4, 0.5) is 18.3 Å². The predicted molar refractivity (Wildman–Crippen MR) is 129 cm³/mol. The van der Waals surface area contributed by atoms with Gasteiger partial charge in [-0.1, -0.05) is 29.5 Å². The molecule has 0 aliphatic carbocycles. The van der Waals surface area contributed by atoms with Crippen molar-refractivity contribution in [2.75, 3.05) is 32.6 Å². The number of hydrogen-bond donors (Lipinski definition) is 1. The molecule has 1 N–H and O–H groups in total. The first-order valence-electron chi connectivity index (χ1n) is 10.9. The summed E-state index contributed by atoms with van der Waals surface area (Å²) >= 11 is 1.04. The molecule has 0 aliphatic rings. The number of alkyl halides is 3. The van der Waals surface area contributed by atoms with E-state index in [2.05, 4.69) is 15.5 Å². The molecule has 0 unspecified atom stereocenters. The molecule has 2 amide bonds. The average Bonchev–Trinajstić information content (AvgIpc) is 3.31. The second kappa shape index (κ2) is 11.8. The number of amides is 2. The van der Waals surface area contributed by atoms with E-state index in [9.17, 15) is 22.8 Å². The van der Waals surface area contributed by atoms with Gasteiger partial charge in [-0.25, -0.2) is 0 Å². The van der Waals surface area contributed by atoms with E-state index >= 15 is 0 Å². The fourth-order valence-electron chi connectivity index (χ4n) is 3.34. The zero-order chi connectivity index (χ0) is 26.3. The second-order valence-electron chi connectivity index (χ2n) is 7.73. The van der Waals surface area contributed by atoms with Crippen LogP contribution in [0.2, 0.25) is 0 Å². The lowest BCUT2D eigenvalue weighted by Crippen LogP contribution is -2.33. The molecule has 3 aromatic rings. The fourth-order valence-corrected chi connectivity index (χ4v) is 4.10. The number of carbonyl (C=O) groups excluding carboxylic acids is 2. The highest BCUT2D eigenvalue weighted by Crippen LogP contribution is 2.32. The average molecular weight is 523 g/mol. The van der Waals surface area contributed by atoms with Crippen molar-refractivity contribution in [3.63, 3.8) is 0 Å². The molecular weight excluding hydrogens is 497 g/mol. The Balaban J connectivity index is 1.53. The van der Waals surface area contributed by atoms with Gasteiger partial charge in [-0.2, -0.15) is 13.2 Å². The van der Waals surface area contributed by atoms with Crippen molar-refractivity contribution in [2.24, 2.45) is 0 Å². The maximum absolute atomic E-state index is 12.7. The summed E-state index contributed by atoms with van der Waals surface area (Å²) in [4.78, 5) is 26.0. The van der Waals surface area contributed by atoms with E-state index in [0.717, 1.165) is 29.0 Å². The van der Waals surface area contributed by atoms with E-state index in [4.69, 9.17) is 9.47 Å². The molecule has 2 aromatic carbocycles. The Morgan fingerprint density at radius 2 is 1.69 bits per heavy atom. The van der Waals surface area contributed by atoms with Crippen molar-refractivity contribution >= 4 is 28.3 Å². The number of nitrogens with one attached hydrogen (secondary N) is 1. The quantitative estimate of drug-likeness (QED) is 0.416. The predicted octanol–water partition coefficient (Wildman–Crippen LogP) is 4.66. The first-order chi connectivity index (χ1) is 17.1. The molecule has 1 heterocycles. The van der Waals surface area contributed by atoms with Crippen LogP contribution in [-0.2, 0) is 22.2 Å². The van der Waals surface area contributed by atoms with Crippen molar-refractivity contribution in [3.05, 3.63) is 53.6 Å². The molecular formula is C24H25F3N4O4S. The topological polar surface area (TPSA) is 93.6 Å². The Bertz CT molecular complexity index is 1200. The maximum Gasteiger partial charge on any atom is 0.416 e.